The van der Waals surface area contributed by atoms with E-state index in [0.717, 1.165) is 4.88 Å². The van der Waals surface area contributed by atoms with Gasteiger partial charge in [-0.15, -0.1) is 23.7 Å². The lowest BCUT2D eigenvalue weighted by Gasteiger charge is -2.28. The smallest absolute Gasteiger partial charge is 0.252 e. The van der Waals surface area contributed by atoms with Crippen LogP contribution in [0.25, 0.3) is 0 Å². The van der Waals surface area contributed by atoms with Crippen LogP contribution in [0.4, 0.5) is 0 Å². The molecule has 1 fully saturated rings. The summed E-state index contributed by atoms with van der Waals surface area (Å²) in [6, 6.07) is 3.35. The number of nitrogens with zero attached hydrogens (tertiary/aromatic N) is 1. The Morgan fingerprint density at radius 2 is 1.92 bits per heavy atom. The van der Waals surface area contributed by atoms with Crippen molar-refractivity contribution in [3.63, 3.8) is 0 Å². The van der Waals surface area contributed by atoms with Crippen molar-refractivity contribution in [2.45, 2.75) is 37.4 Å². The van der Waals surface area contributed by atoms with Crippen molar-refractivity contribution < 1.29 is 17.9 Å². The van der Waals surface area contributed by atoms with Gasteiger partial charge in [-0.25, -0.2) is 8.42 Å². The van der Waals surface area contributed by atoms with Gasteiger partial charge < -0.3 is 15.8 Å². The van der Waals surface area contributed by atoms with Crippen molar-refractivity contribution in [1.82, 2.24) is 9.62 Å². The normalized spacial score (nSPS) is 16.1. The average Bonchev–Trinajstić information content (AvgIpc) is 3.12. The second kappa shape index (κ2) is 10.0. The zero-order valence-electron chi connectivity index (χ0n) is 15.2. The van der Waals surface area contributed by atoms with Crippen LogP contribution in [0.5, 0.6) is 0 Å². The Bertz CT molecular complexity index is 675. The molecule has 0 unspecified atom stereocenters. The first-order valence-electron chi connectivity index (χ1n) is 8.54. The highest BCUT2D eigenvalue weighted by molar-refractivity contribution is 7.91. The number of ether oxygens (including phenoxy) is 1. The van der Waals surface area contributed by atoms with Gasteiger partial charge >= 0.3 is 0 Å². The fourth-order valence-corrected chi connectivity index (χ4v) is 5.67. The van der Waals surface area contributed by atoms with Crippen molar-refractivity contribution >= 4 is 39.7 Å². The topological polar surface area (TPSA) is 102 Å². The summed E-state index contributed by atoms with van der Waals surface area (Å²) in [5.41, 5.74) is 5.23. The number of halogens is 1. The fraction of sp³-hybridized carbons (Fsp3) is 0.688. The van der Waals surface area contributed by atoms with Gasteiger partial charge in [-0.2, -0.15) is 4.31 Å². The summed E-state index contributed by atoms with van der Waals surface area (Å²) in [6.07, 6.45) is 1.35. The van der Waals surface area contributed by atoms with Crippen molar-refractivity contribution in [3.8, 4) is 0 Å². The van der Waals surface area contributed by atoms with Gasteiger partial charge in [0.25, 0.3) is 10.0 Å². The minimum atomic E-state index is -3.48. The van der Waals surface area contributed by atoms with Crippen LogP contribution in [0, 0.1) is 5.41 Å². The van der Waals surface area contributed by atoms with Gasteiger partial charge in [-0.05, 0) is 25.0 Å². The SMILES string of the molecule is CCC(CC)(CN)C(=O)NCc1ccc(S(=O)(=O)N2CCOCC2)s1.Cl. The molecule has 1 aromatic heterocycles. The van der Waals surface area contributed by atoms with E-state index in [2.05, 4.69) is 5.32 Å². The van der Waals surface area contributed by atoms with Gasteiger partial charge in [-0.1, -0.05) is 13.8 Å². The first kappa shape index (κ1) is 23.3. The Kier molecular flexibility index (Phi) is 8.98. The van der Waals surface area contributed by atoms with E-state index in [0.29, 0.717) is 56.4 Å². The maximum Gasteiger partial charge on any atom is 0.252 e. The molecule has 150 valence electrons. The van der Waals surface area contributed by atoms with Gasteiger partial charge in [0, 0.05) is 24.5 Å². The Labute approximate surface area is 165 Å². The van der Waals surface area contributed by atoms with Crippen molar-refractivity contribution in [1.29, 1.82) is 0 Å². The van der Waals surface area contributed by atoms with Crippen LogP contribution in [0.1, 0.15) is 31.6 Å². The molecule has 26 heavy (non-hydrogen) atoms. The summed E-state index contributed by atoms with van der Waals surface area (Å²) in [7, 11) is -3.48. The van der Waals surface area contributed by atoms with E-state index < -0.39 is 15.4 Å². The Morgan fingerprint density at radius 1 is 1.31 bits per heavy atom. The molecule has 1 amide bonds. The molecule has 10 heteroatoms. The van der Waals surface area contributed by atoms with Gasteiger partial charge in [0.05, 0.1) is 25.2 Å². The molecule has 3 N–H and O–H groups in total. The second-order valence-electron chi connectivity index (χ2n) is 6.11. The zero-order chi connectivity index (χ0) is 18.5. The Hall–Kier alpha value is -0.710. The van der Waals surface area contributed by atoms with E-state index in [1.54, 1.807) is 12.1 Å². The van der Waals surface area contributed by atoms with Gasteiger partial charge in [0.1, 0.15) is 4.21 Å². The fourth-order valence-electron chi connectivity index (χ4n) is 2.81. The predicted octanol–water partition coefficient (Wildman–Crippen LogP) is 1.57. The maximum atomic E-state index is 12.6. The quantitative estimate of drug-likeness (QED) is 0.658. The molecule has 1 aliphatic heterocycles. The average molecular weight is 426 g/mol. The zero-order valence-corrected chi connectivity index (χ0v) is 17.6. The van der Waals surface area contributed by atoms with Crippen LogP contribution in [0.3, 0.4) is 0 Å². The molecule has 0 aromatic carbocycles. The molecular weight excluding hydrogens is 398 g/mol. The maximum absolute atomic E-state index is 12.6. The summed E-state index contributed by atoms with van der Waals surface area (Å²) < 4.78 is 32.2. The van der Waals surface area contributed by atoms with E-state index in [4.69, 9.17) is 10.5 Å². The molecule has 0 bridgehead atoms. The van der Waals surface area contributed by atoms with Crippen LogP contribution in [-0.2, 0) is 26.1 Å². The molecule has 0 radical (unpaired) electrons. The lowest BCUT2D eigenvalue weighted by atomic mass is 9.81. The predicted molar refractivity (Wildman–Crippen MR) is 105 cm³/mol. The minimum absolute atomic E-state index is 0. The summed E-state index contributed by atoms with van der Waals surface area (Å²) >= 11 is 1.19. The van der Waals surface area contributed by atoms with E-state index in [1.165, 1.54) is 15.6 Å². The van der Waals surface area contributed by atoms with Crippen LogP contribution in [0.2, 0.25) is 0 Å². The van der Waals surface area contributed by atoms with E-state index in [-0.39, 0.29) is 18.3 Å². The lowest BCUT2D eigenvalue weighted by Crippen LogP contribution is -2.44. The van der Waals surface area contributed by atoms with Crippen molar-refractivity contribution in [2.24, 2.45) is 11.1 Å². The van der Waals surface area contributed by atoms with E-state index >= 15 is 0 Å². The van der Waals surface area contributed by atoms with E-state index in [1.807, 2.05) is 13.8 Å². The molecular formula is C16H28ClN3O4S2. The molecule has 1 aromatic rings. The minimum Gasteiger partial charge on any atom is -0.379 e. The first-order valence-corrected chi connectivity index (χ1v) is 10.8. The second-order valence-corrected chi connectivity index (χ2v) is 9.44. The number of carbonyl (C=O) groups is 1. The van der Waals surface area contributed by atoms with Gasteiger partial charge in [0.2, 0.25) is 5.91 Å². The third-order valence-corrected chi connectivity index (χ3v) is 8.30. The number of hydrogen-bond acceptors (Lipinski definition) is 6. The van der Waals surface area contributed by atoms with E-state index in [9.17, 15) is 13.2 Å². The third-order valence-electron chi connectivity index (χ3n) is 4.85. The summed E-state index contributed by atoms with van der Waals surface area (Å²) in [6.45, 7) is 6.10. The molecule has 1 aliphatic rings. The molecule has 2 rings (SSSR count). The number of thiophene rings is 1. The molecule has 0 saturated carbocycles. The van der Waals surface area contributed by atoms with Gasteiger partial charge in [0.15, 0.2) is 0 Å². The number of morpholine rings is 1. The number of nitrogens with one attached hydrogen (secondary N) is 1. The van der Waals surface area contributed by atoms with Crippen LogP contribution in [0.15, 0.2) is 16.3 Å². The van der Waals surface area contributed by atoms with Crippen molar-refractivity contribution in [3.05, 3.63) is 17.0 Å². The highest BCUT2D eigenvalue weighted by Gasteiger charge is 2.33. The number of rotatable bonds is 8. The highest BCUT2D eigenvalue weighted by Crippen LogP contribution is 2.27. The Morgan fingerprint density at radius 3 is 2.46 bits per heavy atom. The summed E-state index contributed by atoms with van der Waals surface area (Å²) in [4.78, 5) is 13.3. The third kappa shape index (κ3) is 4.96. The number of hydrogen-bond donors (Lipinski definition) is 2. The van der Waals surface area contributed by atoms with Gasteiger partial charge in [-0.3, -0.25) is 4.79 Å². The highest BCUT2D eigenvalue weighted by atomic mass is 35.5. The molecule has 1 saturated heterocycles. The summed E-state index contributed by atoms with van der Waals surface area (Å²) in [5, 5.41) is 2.90. The number of amides is 1. The Balaban J connectivity index is 0.00000338. The van der Waals surface area contributed by atoms with Crippen molar-refractivity contribution in [2.75, 3.05) is 32.8 Å². The number of sulfonamides is 1. The molecule has 0 spiro atoms. The molecule has 0 atom stereocenters. The standard InChI is InChI=1S/C16H27N3O4S2.ClH/c1-3-16(4-2,12-17)15(20)18-11-13-5-6-14(24-13)25(21,22)19-7-9-23-10-8-19;/h5-6H,3-4,7-12,17H2,1-2H3,(H,18,20);1H. The van der Waals surface area contributed by atoms with Crippen LogP contribution in [-0.4, -0.2) is 51.5 Å². The molecule has 2 heterocycles. The number of carbonyl (C=O) groups excluding carboxylic acids is 1. The molecule has 7 nitrogen and oxygen atoms in total. The first-order chi connectivity index (χ1) is 11.9. The molecule has 0 aliphatic carbocycles. The lowest BCUT2D eigenvalue weighted by molar-refractivity contribution is -0.131. The monoisotopic (exact) mass is 425 g/mol. The largest absolute Gasteiger partial charge is 0.379 e. The van der Waals surface area contributed by atoms with Crippen LogP contribution >= 0.6 is 23.7 Å². The summed E-state index contributed by atoms with van der Waals surface area (Å²) in [5.74, 6) is -0.0778. The number of nitrogens with two attached hydrogens (primary N) is 1. The van der Waals surface area contributed by atoms with Crippen LogP contribution < -0.4 is 11.1 Å².